The number of likely N-dealkylation sites (tertiary alicyclic amines) is 1. The summed E-state index contributed by atoms with van der Waals surface area (Å²) in [7, 11) is 0. The number of carbonyl (C=O) groups is 1. The van der Waals surface area contributed by atoms with E-state index < -0.39 is 17.1 Å². The Labute approximate surface area is 252 Å². The number of esters is 1. The van der Waals surface area contributed by atoms with Crippen molar-refractivity contribution >= 4 is 18.4 Å². The van der Waals surface area contributed by atoms with Gasteiger partial charge in [-0.15, -0.1) is 12.4 Å². The van der Waals surface area contributed by atoms with Crippen molar-refractivity contribution in [3.63, 3.8) is 0 Å². The average Bonchev–Trinajstić information content (AvgIpc) is 2.97. The van der Waals surface area contributed by atoms with Crippen LogP contribution in [0, 0.1) is 5.92 Å². The normalized spacial score (nSPS) is 15.8. The molecule has 1 atom stereocenters. The molecule has 1 unspecified atom stereocenters. The first kappa shape index (κ1) is 32.8. The molecular weight excluding hydrogens is 534 g/mol. The largest absolute Gasteiger partial charge is 0.462 e. The Kier molecular flexibility index (Phi) is 11.6. The van der Waals surface area contributed by atoms with Gasteiger partial charge in [0.15, 0.2) is 0 Å². The maximum absolute atomic E-state index is 12.5. The third-order valence-electron chi connectivity index (χ3n) is 8.43. The molecule has 3 aromatic rings. The van der Waals surface area contributed by atoms with Gasteiger partial charge in [0.1, 0.15) is 5.60 Å². The summed E-state index contributed by atoms with van der Waals surface area (Å²) in [5, 5.41) is 22.9. The second-order valence-electron chi connectivity index (χ2n) is 12.0. The Morgan fingerprint density at radius 2 is 1.39 bits per heavy atom. The minimum atomic E-state index is -1.00. The number of benzene rings is 3. The molecule has 41 heavy (non-hydrogen) atoms. The number of hydrogen-bond acceptors (Lipinski definition) is 5. The number of carbonyl (C=O) groups excluding carboxylic acids is 1. The molecule has 222 valence electrons. The second kappa shape index (κ2) is 14.5. The van der Waals surface area contributed by atoms with Crippen molar-refractivity contribution in [2.24, 2.45) is 5.92 Å². The maximum atomic E-state index is 12.5. The zero-order chi connectivity index (χ0) is 28.8. The minimum absolute atomic E-state index is 0. The number of aliphatic hydroxyl groups excluding tert-OH is 1. The fourth-order valence-electron chi connectivity index (χ4n) is 5.87. The Bertz CT molecular complexity index is 1170. The highest BCUT2D eigenvalue weighted by Crippen LogP contribution is 2.42. The van der Waals surface area contributed by atoms with Crippen molar-refractivity contribution < 1.29 is 19.7 Å². The number of rotatable bonds is 11. The molecule has 1 fully saturated rings. The van der Waals surface area contributed by atoms with Crippen molar-refractivity contribution in [2.45, 2.75) is 76.6 Å². The van der Waals surface area contributed by atoms with Gasteiger partial charge >= 0.3 is 5.97 Å². The van der Waals surface area contributed by atoms with Crippen LogP contribution in [0.15, 0.2) is 84.9 Å². The molecule has 1 aliphatic heterocycles. The quantitative estimate of drug-likeness (QED) is 0.245. The van der Waals surface area contributed by atoms with Crippen LogP contribution in [0.25, 0.3) is 0 Å². The molecule has 0 aromatic heterocycles. The number of hydrogen-bond donors (Lipinski definition) is 2. The lowest BCUT2D eigenvalue weighted by atomic mass is 9.72. The van der Waals surface area contributed by atoms with E-state index in [1.54, 1.807) is 0 Å². The first-order valence-electron chi connectivity index (χ1n) is 14.7. The van der Waals surface area contributed by atoms with E-state index in [1.807, 2.05) is 113 Å². The van der Waals surface area contributed by atoms with Gasteiger partial charge in [0.05, 0.1) is 17.6 Å². The standard InChI is InChI=1S/C35H45NO4.ClH/c1-26(2)40-33(38)34(3,4)28-19-17-27(18-20-28)32(37)16-11-23-36-24-21-31(22-25-36)35(39,29-12-7-5-8-13-29)30-14-9-6-10-15-30;/h5-10,12-15,17-20,26,31-32,37,39H,11,16,21-25H2,1-4H3;1H. The molecule has 0 spiro atoms. The summed E-state index contributed by atoms with van der Waals surface area (Å²) >= 11 is 0. The third kappa shape index (κ3) is 7.78. The van der Waals surface area contributed by atoms with Crippen LogP contribution >= 0.6 is 12.4 Å². The summed E-state index contributed by atoms with van der Waals surface area (Å²) in [6, 6.07) is 27.8. The molecule has 1 heterocycles. The number of nitrogens with zero attached hydrogens (tertiary/aromatic N) is 1. The molecule has 4 rings (SSSR count). The van der Waals surface area contributed by atoms with Gasteiger partial charge < -0.3 is 19.8 Å². The maximum Gasteiger partial charge on any atom is 0.316 e. The van der Waals surface area contributed by atoms with E-state index in [1.165, 1.54) is 0 Å². The highest BCUT2D eigenvalue weighted by atomic mass is 35.5. The van der Waals surface area contributed by atoms with Crippen molar-refractivity contribution in [1.29, 1.82) is 0 Å². The van der Waals surface area contributed by atoms with Crippen LogP contribution in [0.1, 0.15) is 81.7 Å². The van der Waals surface area contributed by atoms with Gasteiger partial charge in [0.25, 0.3) is 0 Å². The van der Waals surface area contributed by atoms with Crippen molar-refractivity contribution in [3.05, 3.63) is 107 Å². The molecule has 1 saturated heterocycles. The van der Waals surface area contributed by atoms with Crippen LogP contribution < -0.4 is 0 Å². The molecule has 6 heteroatoms. The summed E-state index contributed by atoms with van der Waals surface area (Å²) in [6.45, 7) is 10.2. The van der Waals surface area contributed by atoms with E-state index in [4.69, 9.17) is 4.74 Å². The summed E-state index contributed by atoms with van der Waals surface area (Å²) in [5.74, 6) is -0.106. The summed E-state index contributed by atoms with van der Waals surface area (Å²) in [4.78, 5) is 15.0. The topological polar surface area (TPSA) is 70.0 Å². The van der Waals surface area contributed by atoms with Gasteiger partial charge in [-0.25, -0.2) is 0 Å². The highest BCUT2D eigenvalue weighted by molar-refractivity contribution is 5.85. The van der Waals surface area contributed by atoms with Crippen LogP contribution in [0.4, 0.5) is 0 Å². The van der Waals surface area contributed by atoms with E-state index in [2.05, 4.69) is 4.90 Å². The number of aliphatic hydroxyl groups is 2. The van der Waals surface area contributed by atoms with Crippen LogP contribution in [-0.2, 0) is 20.5 Å². The summed E-state index contributed by atoms with van der Waals surface area (Å²) < 4.78 is 5.42. The molecule has 5 nitrogen and oxygen atoms in total. The number of halogens is 1. The first-order chi connectivity index (χ1) is 19.1. The summed E-state index contributed by atoms with van der Waals surface area (Å²) in [6.07, 6.45) is 2.70. The number of piperidine rings is 1. The van der Waals surface area contributed by atoms with E-state index in [0.717, 1.165) is 61.2 Å². The Morgan fingerprint density at radius 1 is 0.878 bits per heavy atom. The molecule has 2 N–H and O–H groups in total. The van der Waals surface area contributed by atoms with Crippen molar-refractivity contribution in [3.8, 4) is 0 Å². The first-order valence-corrected chi connectivity index (χ1v) is 14.7. The van der Waals surface area contributed by atoms with Crippen molar-refractivity contribution in [1.82, 2.24) is 4.90 Å². The van der Waals surface area contributed by atoms with Gasteiger partial charge in [-0.2, -0.15) is 0 Å². The monoisotopic (exact) mass is 579 g/mol. The fraction of sp³-hybridized carbons (Fsp3) is 0.457. The second-order valence-corrected chi connectivity index (χ2v) is 12.0. The highest BCUT2D eigenvalue weighted by Gasteiger charge is 2.41. The zero-order valence-electron chi connectivity index (χ0n) is 24.8. The molecule has 1 aliphatic rings. The predicted molar refractivity (Wildman–Crippen MR) is 167 cm³/mol. The fourth-order valence-corrected chi connectivity index (χ4v) is 5.87. The molecule has 3 aromatic carbocycles. The van der Waals surface area contributed by atoms with E-state index in [0.29, 0.717) is 6.42 Å². The molecule has 0 bridgehead atoms. The predicted octanol–water partition coefficient (Wildman–Crippen LogP) is 6.80. The van der Waals surface area contributed by atoms with E-state index in [9.17, 15) is 15.0 Å². The zero-order valence-corrected chi connectivity index (χ0v) is 25.6. The Balaban J connectivity index is 0.00000462. The van der Waals surface area contributed by atoms with Gasteiger partial charge in [-0.3, -0.25) is 4.79 Å². The minimum Gasteiger partial charge on any atom is -0.462 e. The van der Waals surface area contributed by atoms with Crippen LogP contribution in [-0.4, -0.2) is 46.8 Å². The van der Waals surface area contributed by atoms with Gasteiger partial charge in [0, 0.05) is 0 Å². The SMILES string of the molecule is CC(C)OC(=O)C(C)(C)c1ccc(C(O)CCCN2CCC(C(O)(c3ccccc3)c3ccccc3)CC2)cc1.Cl. The summed E-state index contributed by atoms with van der Waals surface area (Å²) in [5.41, 5.74) is 1.90. The lowest BCUT2D eigenvalue weighted by molar-refractivity contribution is -0.153. The van der Waals surface area contributed by atoms with E-state index >= 15 is 0 Å². The van der Waals surface area contributed by atoms with Crippen molar-refractivity contribution in [2.75, 3.05) is 19.6 Å². The van der Waals surface area contributed by atoms with Gasteiger partial charge in [-0.05, 0) is 101 Å². The van der Waals surface area contributed by atoms with Gasteiger partial charge in [0.2, 0.25) is 0 Å². The smallest absolute Gasteiger partial charge is 0.316 e. The molecule has 0 aliphatic carbocycles. The van der Waals surface area contributed by atoms with Gasteiger partial charge in [-0.1, -0.05) is 84.9 Å². The molecule has 0 saturated carbocycles. The average molecular weight is 580 g/mol. The lowest BCUT2D eigenvalue weighted by Gasteiger charge is -2.42. The van der Waals surface area contributed by atoms with Crippen LogP contribution in [0.3, 0.4) is 0 Å². The molecule has 0 radical (unpaired) electrons. The van der Waals surface area contributed by atoms with E-state index in [-0.39, 0.29) is 30.4 Å². The molecule has 0 amide bonds. The lowest BCUT2D eigenvalue weighted by Crippen LogP contribution is -2.44. The molecular formula is C35H46ClNO4. The number of ether oxygens (including phenoxy) is 1. The Morgan fingerprint density at radius 3 is 1.88 bits per heavy atom. The van der Waals surface area contributed by atoms with Crippen LogP contribution in [0.2, 0.25) is 0 Å². The Hall–Kier alpha value is -2.70. The third-order valence-corrected chi connectivity index (χ3v) is 8.43. The van der Waals surface area contributed by atoms with Crippen LogP contribution in [0.5, 0.6) is 0 Å².